The number of nitrogens with one attached hydrogen (secondary N) is 1. The second-order valence-corrected chi connectivity index (χ2v) is 4.43. The zero-order chi connectivity index (χ0) is 10.9. The number of nitrogens with zero attached hydrogens (tertiary/aromatic N) is 1. The van der Waals surface area contributed by atoms with Gasteiger partial charge < -0.3 is 16.2 Å². The van der Waals surface area contributed by atoms with Crippen molar-refractivity contribution in [2.45, 2.75) is 24.9 Å². The minimum absolute atomic E-state index is 0.359. The molecule has 5 heteroatoms. The first-order valence-corrected chi connectivity index (χ1v) is 5.35. The molecule has 0 radical (unpaired) electrons. The van der Waals surface area contributed by atoms with Crippen molar-refractivity contribution in [3.8, 4) is 0 Å². The lowest BCUT2D eigenvalue weighted by atomic mass is 9.80. The highest BCUT2D eigenvalue weighted by Gasteiger charge is 2.33. The predicted octanol–water partition coefficient (Wildman–Crippen LogP) is 1.64. The molecule has 15 heavy (non-hydrogen) atoms. The molecule has 1 aromatic rings. The zero-order valence-corrected chi connectivity index (χ0v) is 9.09. The van der Waals surface area contributed by atoms with Crippen LogP contribution in [0.4, 0.5) is 11.5 Å². The SMILES string of the molecule is Nc1cc(Cl)nc(NCC2(O)CCC2)c1. The van der Waals surface area contributed by atoms with Gasteiger partial charge >= 0.3 is 0 Å². The van der Waals surface area contributed by atoms with Crippen LogP contribution in [0.25, 0.3) is 0 Å². The molecule has 1 saturated carbocycles. The summed E-state index contributed by atoms with van der Waals surface area (Å²) in [5, 5.41) is 13.3. The topological polar surface area (TPSA) is 71.2 Å². The molecule has 1 aliphatic rings. The van der Waals surface area contributed by atoms with E-state index in [1.54, 1.807) is 12.1 Å². The Kier molecular flexibility index (Phi) is 2.71. The van der Waals surface area contributed by atoms with Gasteiger partial charge in [0.15, 0.2) is 0 Å². The van der Waals surface area contributed by atoms with Gasteiger partial charge in [0.25, 0.3) is 0 Å². The summed E-state index contributed by atoms with van der Waals surface area (Å²) in [5.41, 5.74) is 5.62. The Morgan fingerprint density at radius 2 is 2.27 bits per heavy atom. The third-order valence-corrected chi connectivity index (χ3v) is 2.89. The fourth-order valence-electron chi connectivity index (χ4n) is 1.62. The van der Waals surface area contributed by atoms with Crippen molar-refractivity contribution in [2.75, 3.05) is 17.6 Å². The van der Waals surface area contributed by atoms with E-state index in [1.165, 1.54) is 0 Å². The number of rotatable bonds is 3. The summed E-state index contributed by atoms with van der Waals surface area (Å²) in [4.78, 5) is 4.06. The van der Waals surface area contributed by atoms with Crippen molar-refractivity contribution in [1.29, 1.82) is 0 Å². The molecular weight excluding hydrogens is 214 g/mol. The van der Waals surface area contributed by atoms with Gasteiger partial charge in [-0.25, -0.2) is 4.98 Å². The smallest absolute Gasteiger partial charge is 0.133 e. The van der Waals surface area contributed by atoms with Crippen molar-refractivity contribution in [3.05, 3.63) is 17.3 Å². The van der Waals surface area contributed by atoms with Crippen LogP contribution in [-0.2, 0) is 0 Å². The Hall–Kier alpha value is -1.00. The van der Waals surface area contributed by atoms with Crippen LogP contribution in [0, 0.1) is 0 Å². The van der Waals surface area contributed by atoms with Crippen LogP contribution < -0.4 is 11.1 Å². The maximum Gasteiger partial charge on any atom is 0.133 e. The standard InChI is InChI=1S/C10H14ClN3O/c11-8-4-7(12)5-9(14-8)13-6-10(15)2-1-3-10/h4-5,15H,1-3,6H2,(H3,12,13,14). The highest BCUT2D eigenvalue weighted by Crippen LogP contribution is 2.31. The Balaban J connectivity index is 1.98. The molecule has 0 atom stereocenters. The number of nitrogens with two attached hydrogens (primary N) is 1. The number of hydrogen-bond donors (Lipinski definition) is 3. The predicted molar refractivity (Wildman–Crippen MR) is 60.9 cm³/mol. The van der Waals surface area contributed by atoms with Gasteiger partial charge in [0, 0.05) is 18.3 Å². The van der Waals surface area contributed by atoms with Gasteiger partial charge in [-0.1, -0.05) is 11.6 Å². The van der Waals surface area contributed by atoms with E-state index in [1.807, 2.05) is 0 Å². The number of pyridine rings is 1. The van der Waals surface area contributed by atoms with E-state index in [-0.39, 0.29) is 0 Å². The maximum absolute atomic E-state index is 9.86. The first-order chi connectivity index (χ1) is 7.07. The average molecular weight is 228 g/mol. The third-order valence-electron chi connectivity index (χ3n) is 2.70. The molecular formula is C10H14ClN3O. The number of halogens is 1. The fraction of sp³-hybridized carbons (Fsp3) is 0.500. The van der Waals surface area contributed by atoms with Crippen LogP contribution in [-0.4, -0.2) is 22.2 Å². The Labute approximate surface area is 93.5 Å². The first kappa shape index (κ1) is 10.5. The summed E-state index contributed by atoms with van der Waals surface area (Å²) < 4.78 is 0. The van der Waals surface area contributed by atoms with Crippen LogP contribution in [0.15, 0.2) is 12.1 Å². The van der Waals surface area contributed by atoms with Crippen molar-refractivity contribution in [3.63, 3.8) is 0 Å². The lowest BCUT2D eigenvalue weighted by Gasteiger charge is -2.36. The molecule has 1 aliphatic carbocycles. The van der Waals surface area contributed by atoms with Gasteiger partial charge in [-0.2, -0.15) is 0 Å². The summed E-state index contributed by atoms with van der Waals surface area (Å²) in [6.45, 7) is 0.500. The molecule has 4 N–H and O–H groups in total. The molecule has 0 amide bonds. The number of nitrogen functional groups attached to an aromatic ring is 1. The number of anilines is 2. The van der Waals surface area contributed by atoms with Gasteiger partial charge in [0.1, 0.15) is 11.0 Å². The monoisotopic (exact) mass is 227 g/mol. The van der Waals surface area contributed by atoms with Crippen LogP contribution in [0.5, 0.6) is 0 Å². The van der Waals surface area contributed by atoms with Crippen LogP contribution in [0.1, 0.15) is 19.3 Å². The van der Waals surface area contributed by atoms with Gasteiger partial charge in [-0.3, -0.25) is 0 Å². The Morgan fingerprint density at radius 3 is 2.80 bits per heavy atom. The van der Waals surface area contributed by atoms with Crippen molar-refractivity contribution >= 4 is 23.1 Å². The van der Waals surface area contributed by atoms with Crippen LogP contribution in [0.2, 0.25) is 5.15 Å². The lowest BCUT2D eigenvalue weighted by molar-refractivity contribution is -0.0202. The van der Waals surface area contributed by atoms with E-state index in [4.69, 9.17) is 17.3 Å². The highest BCUT2D eigenvalue weighted by atomic mass is 35.5. The van der Waals surface area contributed by atoms with E-state index in [0.29, 0.717) is 23.2 Å². The molecule has 82 valence electrons. The molecule has 2 rings (SSSR count). The second kappa shape index (κ2) is 3.87. The third kappa shape index (κ3) is 2.52. The number of hydrogen-bond acceptors (Lipinski definition) is 4. The summed E-state index contributed by atoms with van der Waals surface area (Å²) >= 11 is 5.75. The molecule has 1 heterocycles. The van der Waals surface area contributed by atoms with Gasteiger partial charge in [0.2, 0.25) is 0 Å². The van der Waals surface area contributed by atoms with Crippen molar-refractivity contribution in [1.82, 2.24) is 4.98 Å². The maximum atomic E-state index is 9.86. The number of aliphatic hydroxyl groups is 1. The molecule has 0 unspecified atom stereocenters. The fourth-order valence-corrected chi connectivity index (χ4v) is 1.84. The summed E-state index contributed by atoms with van der Waals surface area (Å²) in [6, 6.07) is 3.29. The minimum atomic E-state index is -0.571. The Bertz CT molecular complexity index is 345. The molecule has 0 bridgehead atoms. The van der Waals surface area contributed by atoms with E-state index < -0.39 is 5.60 Å². The molecule has 0 spiro atoms. The van der Waals surface area contributed by atoms with E-state index in [2.05, 4.69) is 10.3 Å². The quantitative estimate of drug-likeness (QED) is 0.687. The molecule has 1 aromatic heterocycles. The van der Waals surface area contributed by atoms with Gasteiger partial charge in [-0.05, 0) is 25.3 Å². The second-order valence-electron chi connectivity index (χ2n) is 4.04. The van der Waals surface area contributed by atoms with E-state index in [9.17, 15) is 5.11 Å². The van der Waals surface area contributed by atoms with Gasteiger partial charge in [0.05, 0.1) is 5.60 Å². The summed E-state index contributed by atoms with van der Waals surface area (Å²) in [7, 11) is 0. The average Bonchev–Trinajstić information content (AvgIpc) is 2.10. The zero-order valence-electron chi connectivity index (χ0n) is 8.33. The Morgan fingerprint density at radius 1 is 1.53 bits per heavy atom. The summed E-state index contributed by atoms with van der Waals surface area (Å²) in [6.07, 6.45) is 2.77. The normalized spacial score (nSPS) is 18.3. The minimum Gasteiger partial charge on any atom is -0.399 e. The molecule has 0 saturated heterocycles. The number of aromatic nitrogens is 1. The van der Waals surface area contributed by atoms with Crippen LogP contribution in [0.3, 0.4) is 0 Å². The lowest BCUT2D eigenvalue weighted by Crippen LogP contribution is -2.43. The summed E-state index contributed by atoms with van der Waals surface area (Å²) in [5.74, 6) is 0.611. The molecule has 1 fully saturated rings. The largest absolute Gasteiger partial charge is 0.399 e. The molecule has 0 aromatic carbocycles. The van der Waals surface area contributed by atoms with Gasteiger partial charge in [-0.15, -0.1) is 0 Å². The van der Waals surface area contributed by atoms with E-state index >= 15 is 0 Å². The van der Waals surface area contributed by atoms with Crippen molar-refractivity contribution in [2.24, 2.45) is 0 Å². The van der Waals surface area contributed by atoms with E-state index in [0.717, 1.165) is 19.3 Å². The first-order valence-electron chi connectivity index (χ1n) is 4.97. The molecule has 0 aliphatic heterocycles. The molecule has 4 nitrogen and oxygen atoms in total. The van der Waals surface area contributed by atoms with Crippen molar-refractivity contribution < 1.29 is 5.11 Å². The van der Waals surface area contributed by atoms with Crippen LogP contribution >= 0.6 is 11.6 Å². The highest BCUT2D eigenvalue weighted by molar-refractivity contribution is 6.29.